The van der Waals surface area contributed by atoms with E-state index in [1.165, 1.54) is 6.08 Å². The van der Waals surface area contributed by atoms with Crippen molar-refractivity contribution in [2.45, 2.75) is 26.3 Å². The highest BCUT2D eigenvalue weighted by Gasteiger charge is 2.21. The SMILES string of the molecule is C=CC(=O)Nc1ccccc1C(=O)N(CCc1nccs1)C(C)C. The fourth-order valence-corrected chi connectivity index (χ4v) is 2.91. The number of aromatic nitrogens is 1. The van der Waals surface area contributed by atoms with Crippen molar-refractivity contribution < 1.29 is 9.59 Å². The van der Waals surface area contributed by atoms with Crippen molar-refractivity contribution in [1.82, 2.24) is 9.88 Å². The van der Waals surface area contributed by atoms with E-state index in [0.29, 0.717) is 24.2 Å². The standard InChI is InChI=1S/C18H21N3O2S/c1-4-16(22)20-15-8-6-5-7-14(15)18(23)21(13(2)3)11-9-17-19-10-12-24-17/h4-8,10,12-13H,1,9,11H2,2-3H3,(H,20,22). The molecule has 0 aliphatic rings. The Morgan fingerprint density at radius 2 is 2.12 bits per heavy atom. The number of carbonyl (C=O) groups excluding carboxylic acids is 2. The van der Waals surface area contributed by atoms with Gasteiger partial charge in [-0.1, -0.05) is 18.7 Å². The van der Waals surface area contributed by atoms with Crippen LogP contribution in [0.1, 0.15) is 29.2 Å². The summed E-state index contributed by atoms with van der Waals surface area (Å²) in [5, 5.41) is 5.62. The molecule has 6 heteroatoms. The Morgan fingerprint density at radius 3 is 2.75 bits per heavy atom. The summed E-state index contributed by atoms with van der Waals surface area (Å²) >= 11 is 1.58. The maximum atomic E-state index is 13.0. The molecule has 0 aliphatic heterocycles. The van der Waals surface area contributed by atoms with Gasteiger partial charge in [0.1, 0.15) is 0 Å². The Morgan fingerprint density at radius 1 is 1.38 bits per heavy atom. The lowest BCUT2D eigenvalue weighted by Crippen LogP contribution is -2.38. The molecule has 5 nitrogen and oxygen atoms in total. The quantitative estimate of drug-likeness (QED) is 0.784. The van der Waals surface area contributed by atoms with Crippen molar-refractivity contribution in [1.29, 1.82) is 0 Å². The molecule has 126 valence electrons. The zero-order valence-corrected chi connectivity index (χ0v) is 14.7. The van der Waals surface area contributed by atoms with E-state index in [1.807, 2.05) is 19.2 Å². The van der Waals surface area contributed by atoms with Gasteiger partial charge >= 0.3 is 0 Å². The van der Waals surface area contributed by atoms with E-state index in [1.54, 1.807) is 46.7 Å². The summed E-state index contributed by atoms with van der Waals surface area (Å²) in [6.07, 6.45) is 3.66. The molecule has 24 heavy (non-hydrogen) atoms. The molecule has 0 saturated carbocycles. The third kappa shape index (κ3) is 4.52. The zero-order valence-electron chi connectivity index (χ0n) is 13.9. The van der Waals surface area contributed by atoms with Gasteiger partial charge in [0.2, 0.25) is 5.91 Å². The molecule has 0 aliphatic carbocycles. The molecule has 2 rings (SSSR count). The molecule has 1 aromatic heterocycles. The molecule has 1 heterocycles. The van der Waals surface area contributed by atoms with Crippen LogP contribution in [0.15, 0.2) is 48.5 Å². The number of rotatable bonds is 7. The number of para-hydroxylation sites is 1. The van der Waals surface area contributed by atoms with Crippen LogP contribution in [0.2, 0.25) is 0 Å². The molecule has 0 unspecified atom stereocenters. The largest absolute Gasteiger partial charge is 0.336 e. The molecular weight excluding hydrogens is 322 g/mol. The number of nitrogens with zero attached hydrogens (tertiary/aromatic N) is 2. The number of carbonyl (C=O) groups is 2. The van der Waals surface area contributed by atoms with Crippen LogP contribution >= 0.6 is 11.3 Å². The molecule has 0 saturated heterocycles. The Hall–Kier alpha value is -2.47. The Kier molecular flexibility index (Phi) is 6.26. The molecule has 0 fully saturated rings. The second-order valence-corrected chi connectivity index (χ2v) is 6.49. The highest BCUT2D eigenvalue weighted by Crippen LogP contribution is 2.19. The van der Waals surface area contributed by atoms with Gasteiger partial charge in [-0.25, -0.2) is 4.98 Å². The number of amides is 2. The summed E-state index contributed by atoms with van der Waals surface area (Å²) in [7, 11) is 0. The van der Waals surface area contributed by atoms with Crippen molar-refractivity contribution in [3.05, 3.63) is 59.1 Å². The average Bonchev–Trinajstić information content (AvgIpc) is 3.08. The number of hydrogen-bond acceptors (Lipinski definition) is 4. The van der Waals surface area contributed by atoms with E-state index >= 15 is 0 Å². The van der Waals surface area contributed by atoms with Crippen LogP contribution in [0.4, 0.5) is 5.69 Å². The highest BCUT2D eigenvalue weighted by atomic mass is 32.1. The van der Waals surface area contributed by atoms with Gasteiger partial charge in [-0.05, 0) is 32.1 Å². The summed E-state index contributed by atoms with van der Waals surface area (Å²) in [4.78, 5) is 30.6. The van der Waals surface area contributed by atoms with Crippen molar-refractivity contribution in [3.63, 3.8) is 0 Å². The van der Waals surface area contributed by atoms with Crippen LogP contribution in [0.25, 0.3) is 0 Å². The average molecular weight is 343 g/mol. The van der Waals surface area contributed by atoms with Gasteiger partial charge in [0.25, 0.3) is 5.91 Å². The lowest BCUT2D eigenvalue weighted by atomic mass is 10.1. The Bertz CT molecular complexity index is 711. The first-order valence-electron chi connectivity index (χ1n) is 7.74. The van der Waals surface area contributed by atoms with E-state index in [9.17, 15) is 9.59 Å². The lowest BCUT2D eigenvalue weighted by Gasteiger charge is -2.27. The van der Waals surface area contributed by atoms with Gasteiger partial charge in [-0.2, -0.15) is 0 Å². The first-order chi connectivity index (χ1) is 11.5. The van der Waals surface area contributed by atoms with Gasteiger partial charge in [-0.15, -0.1) is 11.3 Å². The number of nitrogens with one attached hydrogen (secondary N) is 1. The number of thiazole rings is 1. The smallest absolute Gasteiger partial charge is 0.256 e. The van der Waals surface area contributed by atoms with Crippen LogP contribution in [0.3, 0.4) is 0 Å². The molecule has 2 aromatic rings. The third-order valence-electron chi connectivity index (χ3n) is 3.53. The van der Waals surface area contributed by atoms with Gasteiger partial charge in [0, 0.05) is 30.6 Å². The maximum Gasteiger partial charge on any atom is 0.256 e. The summed E-state index contributed by atoms with van der Waals surface area (Å²) in [5.41, 5.74) is 0.966. The van der Waals surface area contributed by atoms with Crippen molar-refractivity contribution in [2.24, 2.45) is 0 Å². The van der Waals surface area contributed by atoms with Crippen molar-refractivity contribution >= 4 is 28.8 Å². The predicted molar refractivity (Wildman–Crippen MR) is 97.3 cm³/mol. The van der Waals surface area contributed by atoms with Crippen LogP contribution in [0.5, 0.6) is 0 Å². The normalized spacial score (nSPS) is 10.5. The molecule has 1 N–H and O–H groups in total. The first-order valence-corrected chi connectivity index (χ1v) is 8.62. The van der Waals surface area contributed by atoms with Crippen LogP contribution < -0.4 is 5.32 Å². The number of anilines is 1. The van der Waals surface area contributed by atoms with Crippen LogP contribution in [-0.2, 0) is 11.2 Å². The van der Waals surface area contributed by atoms with Gasteiger partial charge in [0.05, 0.1) is 16.3 Å². The number of hydrogen-bond donors (Lipinski definition) is 1. The van der Waals surface area contributed by atoms with E-state index in [4.69, 9.17) is 0 Å². The second-order valence-electron chi connectivity index (χ2n) is 5.51. The van der Waals surface area contributed by atoms with Crippen molar-refractivity contribution in [2.75, 3.05) is 11.9 Å². The second kappa shape index (κ2) is 8.40. The highest BCUT2D eigenvalue weighted by molar-refractivity contribution is 7.09. The molecule has 1 aromatic carbocycles. The maximum absolute atomic E-state index is 13.0. The van der Waals surface area contributed by atoms with E-state index < -0.39 is 0 Å². The van der Waals surface area contributed by atoms with Gasteiger partial charge < -0.3 is 10.2 Å². The van der Waals surface area contributed by atoms with Gasteiger partial charge in [-0.3, -0.25) is 9.59 Å². The molecule has 0 radical (unpaired) electrons. The summed E-state index contributed by atoms with van der Waals surface area (Å²) in [5.74, 6) is -0.448. The topological polar surface area (TPSA) is 62.3 Å². The summed E-state index contributed by atoms with van der Waals surface area (Å²) in [6.45, 7) is 7.97. The fraction of sp³-hybridized carbons (Fsp3) is 0.278. The molecular formula is C18H21N3O2S. The van der Waals surface area contributed by atoms with Crippen LogP contribution in [-0.4, -0.2) is 34.3 Å². The summed E-state index contributed by atoms with van der Waals surface area (Å²) in [6, 6.07) is 7.05. The molecule has 2 amide bonds. The molecule has 0 bridgehead atoms. The van der Waals surface area contributed by atoms with Crippen molar-refractivity contribution in [3.8, 4) is 0 Å². The Labute approximate surface area is 146 Å². The minimum Gasteiger partial charge on any atom is -0.336 e. The number of benzene rings is 1. The predicted octanol–water partition coefficient (Wildman–Crippen LogP) is 3.36. The Balaban J connectivity index is 2.20. The third-order valence-corrected chi connectivity index (χ3v) is 4.37. The molecule has 0 atom stereocenters. The summed E-state index contributed by atoms with van der Waals surface area (Å²) < 4.78 is 0. The van der Waals surface area contributed by atoms with Crippen LogP contribution in [0, 0.1) is 0 Å². The zero-order chi connectivity index (χ0) is 17.5. The monoisotopic (exact) mass is 343 g/mol. The van der Waals surface area contributed by atoms with Gasteiger partial charge in [0.15, 0.2) is 0 Å². The van der Waals surface area contributed by atoms with E-state index in [2.05, 4.69) is 16.9 Å². The van der Waals surface area contributed by atoms with E-state index in [0.717, 1.165) is 5.01 Å². The fourth-order valence-electron chi connectivity index (χ4n) is 2.30. The first kappa shape index (κ1) is 17.9. The van der Waals surface area contributed by atoms with E-state index in [-0.39, 0.29) is 17.9 Å². The lowest BCUT2D eigenvalue weighted by molar-refractivity contribution is -0.111. The minimum absolute atomic E-state index is 0.0422. The molecule has 0 spiro atoms. The minimum atomic E-state index is -0.339.